The molecule has 0 spiro atoms. The molecule has 0 nitrogen and oxygen atoms in total. The third-order valence-corrected chi connectivity index (χ3v) is 4.08. The van der Waals surface area contributed by atoms with Gasteiger partial charge in [0.05, 0.1) is 5.56 Å². The molecule has 0 heterocycles. The molecule has 0 saturated carbocycles. The van der Waals surface area contributed by atoms with Crippen molar-refractivity contribution in [2.24, 2.45) is 0 Å². The molecule has 26 heavy (non-hydrogen) atoms. The summed E-state index contributed by atoms with van der Waals surface area (Å²) < 4.78 is 28.2. The molecule has 2 heteroatoms. The topological polar surface area (TPSA) is 0 Å². The van der Waals surface area contributed by atoms with Crippen LogP contribution in [0.15, 0.2) is 73.3 Å². The molecule has 0 amide bonds. The van der Waals surface area contributed by atoms with E-state index in [9.17, 15) is 8.78 Å². The second-order valence-corrected chi connectivity index (χ2v) is 6.12. The second-order valence-electron chi connectivity index (χ2n) is 6.12. The second kappa shape index (κ2) is 7.80. The van der Waals surface area contributed by atoms with Crippen LogP contribution in [0, 0.1) is 30.4 Å². The summed E-state index contributed by atoms with van der Waals surface area (Å²) in [6.45, 7) is 5.62. The van der Waals surface area contributed by atoms with E-state index in [-0.39, 0.29) is 5.56 Å². The maximum absolute atomic E-state index is 14.1. The van der Waals surface area contributed by atoms with E-state index in [4.69, 9.17) is 0 Å². The van der Waals surface area contributed by atoms with Gasteiger partial charge in [0.2, 0.25) is 0 Å². The minimum Gasteiger partial charge on any atom is -0.206 e. The van der Waals surface area contributed by atoms with E-state index in [1.54, 1.807) is 6.08 Å². The Morgan fingerprint density at radius 1 is 0.846 bits per heavy atom. The molecule has 0 atom stereocenters. The molecule has 0 unspecified atom stereocenters. The van der Waals surface area contributed by atoms with Crippen LogP contribution in [0.5, 0.6) is 0 Å². The molecule has 0 N–H and O–H groups in total. The van der Waals surface area contributed by atoms with Gasteiger partial charge in [-0.1, -0.05) is 59.9 Å². The van der Waals surface area contributed by atoms with Gasteiger partial charge < -0.3 is 0 Å². The molecule has 128 valence electrons. The summed E-state index contributed by atoms with van der Waals surface area (Å²) in [5.74, 6) is 4.14. The van der Waals surface area contributed by atoms with Crippen LogP contribution in [0.1, 0.15) is 22.3 Å². The van der Waals surface area contributed by atoms with E-state index in [0.29, 0.717) is 17.5 Å². The quantitative estimate of drug-likeness (QED) is 0.400. The number of rotatable bonds is 3. The van der Waals surface area contributed by atoms with Gasteiger partial charge >= 0.3 is 0 Å². The van der Waals surface area contributed by atoms with Crippen LogP contribution in [0.3, 0.4) is 0 Å². The summed E-state index contributed by atoms with van der Waals surface area (Å²) >= 11 is 0. The van der Waals surface area contributed by atoms with Crippen molar-refractivity contribution in [1.82, 2.24) is 0 Å². The summed E-state index contributed by atoms with van der Waals surface area (Å²) in [7, 11) is 0. The van der Waals surface area contributed by atoms with E-state index in [1.807, 2.05) is 31.2 Å². The van der Waals surface area contributed by atoms with Crippen molar-refractivity contribution in [3.63, 3.8) is 0 Å². The Morgan fingerprint density at radius 3 is 1.92 bits per heavy atom. The Hall–Kier alpha value is -3.18. The third kappa shape index (κ3) is 4.07. The Bertz CT molecular complexity index is 962. The Labute approximate surface area is 152 Å². The number of halogens is 2. The number of benzene rings is 3. The summed E-state index contributed by atoms with van der Waals surface area (Å²) in [6.07, 6.45) is 2.02. The smallest absolute Gasteiger partial charge is 0.142 e. The van der Waals surface area contributed by atoms with E-state index >= 15 is 0 Å². The van der Waals surface area contributed by atoms with Crippen LogP contribution in [0.25, 0.3) is 11.1 Å². The van der Waals surface area contributed by atoms with Crippen LogP contribution in [0.2, 0.25) is 0 Å². The highest BCUT2D eigenvalue weighted by atomic mass is 19.1. The lowest BCUT2D eigenvalue weighted by Crippen LogP contribution is -1.94. The molecule has 0 aliphatic carbocycles. The standard InChI is InChI=1S/C24H18F2/c1-3-4-19-15-23(25)22(24(26)16-19)14-9-18-7-12-21(13-8-18)20-10-5-17(2)6-11-20/h3,5-8,10-13,15-16H,1,4H2,2H3. The Kier molecular flexibility index (Phi) is 5.29. The SMILES string of the molecule is C=CCc1cc(F)c(C#Cc2ccc(-c3ccc(C)cc3)cc2)c(F)c1. The molecule has 0 saturated heterocycles. The van der Waals surface area contributed by atoms with E-state index in [2.05, 4.69) is 42.7 Å². The molecular formula is C24H18F2. The van der Waals surface area contributed by atoms with Crippen molar-refractivity contribution in [3.8, 4) is 23.0 Å². The van der Waals surface area contributed by atoms with Crippen molar-refractivity contribution in [2.45, 2.75) is 13.3 Å². The zero-order valence-electron chi connectivity index (χ0n) is 14.5. The molecule has 3 rings (SSSR count). The van der Waals surface area contributed by atoms with E-state index in [1.165, 1.54) is 17.7 Å². The Morgan fingerprint density at radius 2 is 1.38 bits per heavy atom. The minimum absolute atomic E-state index is 0.208. The first-order chi connectivity index (χ1) is 12.6. The van der Waals surface area contributed by atoms with Gasteiger partial charge in [-0.15, -0.1) is 6.58 Å². The maximum atomic E-state index is 14.1. The summed E-state index contributed by atoms with van der Waals surface area (Å²) in [5.41, 5.74) is 4.43. The van der Waals surface area contributed by atoms with Gasteiger partial charge in [0.15, 0.2) is 0 Å². The summed E-state index contributed by atoms with van der Waals surface area (Å²) in [6, 6.07) is 18.5. The molecule has 0 radical (unpaired) electrons. The zero-order chi connectivity index (χ0) is 18.5. The lowest BCUT2D eigenvalue weighted by molar-refractivity contribution is 0.575. The highest BCUT2D eigenvalue weighted by Crippen LogP contribution is 2.20. The average Bonchev–Trinajstić information content (AvgIpc) is 2.62. The fourth-order valence-electron chi connectivity index (χ4n) is 2.66. The van der Waals surface area contributed by atoms with Gasteiger partial charge in [-0.2, -0.15) is 0 Å². The first kappa shape index (κ1) is 17.6. The lowest BCUT2D eigenvalue weighted by Gasteiger charge is -2.03. The average molecular weight is 344 g/mol. The molecule has 3 aromatic carbocycles. The molecule has 0 bridgehead atoms. The number of allylic oxidation sites excluding steroid dienone is 1. The minimum atomic E-state index is -0.648. The lowest BCUT2D eigenvalue weighted by atomic mass is 10.0. The molecule has 3 aromatic rings. The van der Waals surface area contributed by atoms with Crippen LogP contribution in [-0.2, 0) is 6.42 Å². The Balaban J connectivity index is 1.84. The third-order valence-electron chi connectivity index (χ3n) is 4.08. The molecule has 0 aliphatic heterocycles. The van der Waals surface area contributed by atoms with Gasteiger partial charge in [-0.05, 0) is 54.3 Å². The number of hydrogen-bond acceptors (Lipinski definition) is 0. The van der Waals surface area contributed by atoms with Crippen molar-refractivity contribution in [1.29, 1.82) is 0 Å². The normalized spacial score (nSPS) is 10.1. The van der Waals surface area contributed by atoms with Crippen LogP contribution < -0.4 is 0 Å². The van der Waals surface area contributed by atoms with Crippen molar-refractivity contribution < 1.29 is 8.78 Å². The largest absolute Gasteiger partial charge is 0.206 e. The summed E-state index contributed by atoms with van der Waals surface area (Å²) in [5, 5.41) is 0. The van der Waals surface area contributed by atoms with Gasteiger partial charge in [0.1, 0.15) is 11.6 Å². The van der Waals surface area contributed by atoms with Crippen LogP contribution in [-0.4, -0.2) is 0 Å². The van der Waals surface area contributed by atoms with Crippen molar-refractivity contribution in [2.75, 3.05) is 0 Å². The van der Waals surface area contributed by atoms with Gasteiger partial charge in [-0.3, -0.25) is 0 Å². The summed E-state index contributed by atoms with van der Waals surface area (Å²) in [4.78, 5) is 0. The predicted octanol–water partition coefficient (Wildman–Crippen LogP) is 6.07. The number of aryl methyl sites for hydroxylation is 1. The van der Waals surface area contributed by atoms with E-state index < -0.39 is 11.6 Å². The van der Waals surface area contributed by atoms with Crippen LogP contribution in [0.4, 0.5) is 8.78 Å². The first-order valence-corrected chi connectivity index (χ1v) is 8.35. The molecule has 0 aliphatic rings. The first-order valence-electron chi connectivity index (χ1n) is 8.35. The van der Waals surface area contributed by atoms with E-state index in [0.717, 1.165) is 11.1 Å². The highest BCUT2D eigenvalue weighted by molar-refractivity contribution is 5.64. The molecule has 0 fully saturated rings. The zero-order valence-corrected chi connectivity index (χ0v) is 14.5. The monoisotopic (exact) mass is 344 g/mol. The molecular weight excluding hydrogens is 326 g/mol. The predicted molar refractivity (Wildman–Crippen MR) is 103 cm³/mol. The van der Waals surface area contributed by atoms with Crippen molar-refractivity contribution in [3.05, 3.63) is 107 Å². The van der Waals surface area contributed by atoms with Crippen LogP contribution >= 0.6 is 0 Å². The highest BCUT2D eigenvalue weighted by Gasteiger charge is 2.08. The van der Waals surface area contributed by atoms with Gasteiger partial charge in [0.25, 0.3) is 0 Å². The van der Waals surface area contributed by atoms with Gasteiger partial charge in [-0.25, -0.2) is 8.78 Å². The van der Waals surface area contributed by atoms with Crippen molar-refractivity contribution >= 4 is 0 Å². The number of hydrogen-bond donors (Lipinski definition) is 0. The maximum Gasteiger partial charge on any atom is 0.142 e. The van der Waals surface area contributed by atoms with Gasteiger partial charge in [0, 0.05) is 5.56 Å². The fourth-order valence-corrected chi connectivity index (χ4v) is 2.66. The molecule has 0 aromatic heterocycles. The fraction of sp³-hybridized carbons (Fsp3) is 0.0833.